The van der Waals surface area contributed by atoms with Crippen LogP contribution in [0.5, 0.6) is 0 Å². The van der Waals surface area contributed by atoms with E-state index in [1.807, 2.05) is 118 Å². The molecule has 0 saturated heterocycles. The lowest BCUT2D eigenvalue weighted by Crippen LogP contribution is -2.05. The molecule has 0 aliphatic carbocycles. The highest BCUT2D eigenvalue weighted by Gasteiger charge is 2.32. The monoisotopic (exact) mass is 826 g/mol. The van der Waals surface area contributed by atoms with Gasteiger partial charge in [0.2, 0.25) is 0 Å². The van der Waals surface area contributed by atoms with Crippen molar-refractivity contribution < 1.29 is 26.3 Å². The minimum atomic E-state index is -4.51. The molecule has 0 atom stereocenters. The van der Waals surface area contributed by atoms with E-state index in [1.54, 1.807) is 38.4 Å². The molecule has 0 spiro atoms. The predicted octanol–water partition coefficient (Wildman–Crippen LogP) is 14.8. The van der Waals surface area contributed by atoms with Crippen LogP contribution >= 0.6 is 0 Å². The van der Waals surface area contributed by atoms with Crippen molar-refractivity contribution in [3.8, 4) is 50.8 Å². The van der Waals surface area contributed by atoms with Crippen molar-refractivity contribution in [1.82, 2.24) is 14.1 Å². The van der Waals surface area contributed by atoms with E-state index in [4.69, 9.17) is 0 Å². The second-order valence-electron chi connectivity index (χ2n) is 15.6. The fraction of sp³-hybridized carbons (Fsp3) is 0.0769. The van der Waals surface area contributed by atoms with E-state index < -0.39 is 23.5 Å². The molecule has 4 nitrogen and oxygen atoms in total. The van der Waals surface area contributed by atoms with Gasteiger partial charge in [0.15, 0.2) is 0 Å². The molecule has 62 heavy (non-hydrogen) atoms. The molecule has 0 saturated carbocycles. The second-order valence-corrected chi connectivity index (χ2v) is 15.6. The lowest BCUT2D eigenvalue weighted by atomic mass is 9.98. The van der Waals surface area contributed by atoms with E-state index in [2.05, 4.69) is 11.1 Å². The Labute approximate surface area is 351 Å². The number of nitrogens with zero attached hydrogens (tertiary/aromatic N) is 4. The van der Waals surface area contributed by atoms with Crippen molar-refractivity contribution in [2.75, 3.05) is 0 Å². The third-order valence-electron chi connectivity index (χ3n) is 11.5. The number of para-hydroxylation sites is 2. The van der Waals surface area contributed by atoms with Crippen LogP contribution < -0.4 is 0 Å². The molecule has 7 aromatic carbocycles. The number of hydrogen-bond acceptors (Lipinski definition) is 2. The summed E-state index contributed by atoms with van der Waals surface area (Å²) in [7, 11) is 0. The quantitative estimate of drug-likeness (QED) is 0.162. The van der Waals surface area contributed by atoms with Crippen LogP contribution in [0.4, 0.5) is 26.3 Å². The highest BCUT2D eigenvalue weighted by molar-refractivity contribution is 6.12. The third kappa shape index (κ3) is 6.45. The largest absolute Gasteiger partial charge is 0.416 e. The molecule has 3 heterocycles. The molecule has 10 rings (SSSR count). The number of alkyl halides is 6. The first-order chi connectivity index (χ1) is 29.8. The van der Waals surface area contributed by atoms with Crippen LogP contribution in [0.25, 0.3) is 88.4 Å². The maximum Gasteiger partial charge on any atom is 0.416 e. The van der Waals surface area contributed by atoms with Gasteiger partial charge in [-0.3, -0.25) is 4.98 Å². The van der Waals surface area contributed by atoms with Gasteiger partial charge in [-0.1, -0.05) is 60.7 Å². The molecular weight excluding hydrogens is 795 g/mol. The van der Waals surface area contributed by atoms with Gasteiger partial charge in [-0.25, -0.2) is 0 Å². The molecule has 0 aliphatic rings. The van der Waals surface area contributed by atoms with Gasteiger partial charge < -0.3 is 9.13 Å². The third-order valence-corrected chi connectivity index (χ3v) is 11.5. The molecular formula is C52H32F6N4. The molecule has 0 fully saturated rings. The van der Waals surface area contributed by atoms with Crippen LogP contribution in [0.2, 0.25) is 0 Å². The maximum absolute atomic E-state index is 13.9. The zero-order valence-electron chi connectivity index (χ0n) is 33.1. The number of benzene rings is 7. The maximum atomic E-state index is 13.9. The summed E-state index contributed by atoms with van der Waals surface area (Å²) < 4.78 is 87.6. The number of hydrogen-bond donors (Lipinski definition) is 0. The molecule has 0 radical (unpaired) electrons. The van der Waals surface area contributed by atoms with Crippen LogP contribution in [-0.2, 0) is 12.4 Å². The van der Waals surface area contributed by atoms with Crippen LogP contribution in [0.15, 0.2) is 158 Å². The van der Waals surface area contributed by atoms with Crippen molar-refractivity contribution >= 4 is 43.6 Å². The Balaban J connectivity index is 1.25. The number of pyridine rings is 1. The molecule has 0 bridgehead atoms. The van der Waals surface area contributed by atoms with E-state index >= 15 is 0 Å². The van der Waals surface area contributed by atoms with E-state index in [0.29, 0.717) is 50.3 Å². The summed E-state index contributed by atoms with van der Waals surface area (Å²) in [6.45, 7) is 3.29. The summed E-state index contributed by atoms with van der Waals surface area (Å²) in [5.74, 6) is 0. The lowest BCUT2D eigenvalue weighted by Gasteiger charge is -2.18. The Morgan fingerprint density at radius 1 is 0.435 bits per heavy atom. The molecule has 0 aliphatic heterocycles. The van der Waals surface area contributed by atoms with Gasteiger partial charge in [-0.2, -0.15) is 31.6 Å². The van der Waals surface area contributed by atoms with Crippen molar-refractivity contribution in [3.05, 3.63) is 186 Å². The van der Waals surface area contributed by atoms with Crippen LogP contribution in [0.1, 0.15) is 27.8 Å². The minimum absolute atomic E-state index is 0.350. The Morgan fingerprint density at radius 3 is 1.29 bits per heavy atom. The topological polar surface area (TPSA) is 46.5 Å². The van der Waals surface area contributed by atoms with Crippen molar-refractivity contribution in [2.24, 2.45) is 0 Å². The van der Waals surface area contributed by atoms with Gasteiger partial charge in [0.25, 0.3) is 0 Å². The summed E-state index contributed by atoms with van der Waals surface area (Å²) in [5, 5.41) is 14.6. The highest BCUT2D eigenvalue weighted by Crippen LogP contribution is 2.43. The number of halogens is 6. The SMILES string of the molecule is Cc1cc(-c2ccc3c(c2)c2ccccc2n3-c2cc(-c3ccncc3)cc(-n3c4ccccc4c4cc(-c5cc(C)cc(C(F)(F)F)c5)ccc43)c2C#N)cc(C(F)(F)F)c1. The van der Waals surface area contributed by atoms with E-state index in [1.165, 1.54) is 12.1 Å². The first kappa shape index (κ1) is 38.6. The average molecular weight is 827 g/mol. The van der Waals surface area contributed by atoms with Gasteiger partial charge >= 0.3 is 12.4 Å². The molecule has 0 N–H and O–H groups in total. The number of aryl methyl sites for hydroxylation is 2. The van der Waals surface area contributed by atoms with Crippen LogP contribution in [0.3, 0.4) is 0 Å². The normalized spacial score (nSPS) is 12.2. The van der Waals surface area contributed by atoms with Gasteiger partial charge in [-0.05, 0) is 143 Å². The Morgan fingerprint density at radius 2 is 0.855 bits per heavy atom. The van der Waals surface area contributed by atoms with Crippen LogP contribution in [0, 0.1) is 25.2 Å². The van der Waals surface area contributed by atoms with Crippen LogP contribution in [-0.4, -0.2) is 14.1 Å². The number of fused-ring (bicyclic) bond motifs is 6. The molecule has 10 heteroatoms. The standard InChI is InChI=1S/C52H32F6N4/c1-30-19-35(23-38(21-30)51(53,54)55)33-11-13-47-42(25-33)40-7-3-5-9-45(40)61(47)49-27-37(32-15-17-60-18-16-32)28-50(44(49)29-59)62-46-10-6-4-8-41(46)43-26-34(12-14-48(43)62)36-20-31(2)22-39(24-36)52(56,57)58/h3-28H,1-2H3. The smallest absolute Gasteiger partial charge is 0.308 e. The van der Waals surface area contributed by atoms with Crippen molar-refractivity contribution in [3.63, 3.8) is 0 Å². The summed E-state index contributed by atoms with van der Waals surface area (Å²) in [6.07, 6.45) is -5.62. The molecule has 302 valence electrons. The van der Waals surface area contributed by atoms with Crippen molar-refractivity contribution in [1.29, 1.82) is 5.26 Å². The first-order valence-electron chi connectivity index (χ1n) is 19.7. The summed E-state index contributed by atoms with van der Waals surface area (Å²) in [5.41, 5.74) is 7.86. The first-order valence-corrected chi connectivity index (χ1v) is 19.7. The number of rotatable bonds is 5. The van der Waals surface area contributed by atoms with E-state index in [9.17, 15) is 31.6 Å². The summed E-state index contributed by atoms with van der Waals surface area (Å²) >= 11 is 0. The molecule has 0 unspecified atom stereocenters. The summed E-state index contributed by atoms with van der Waals surface area (Å²) in [6, 6.07) is 45.0. The molecule has 3 aromatic heterocycles. The van der Waals surface area contributed by atoms with E-state index in [-0.39, 0.29) is 0 Å². The fourth-order valence-corrected chi connectivity index (χ4v) is 8.84. The van der Waals surface area contributed by atoms with Crippen molar-refractivity contribution in [2.45, 2.75) is 26.2 Å². The number of aromatic nitrogens is 3. The van der Waals surface area contributed by atoms with E-state index in [0.717, 1.165) is 66.9 Å². The molecule has 10 aromatic rings. The predicted molar refractivity (Wildman–Crippen MR) is 233 cm³/mol. The van der Waals surface area contributed by atoms with Gasteiger partial charge in [0.1, 0.15) is 11.6 Å². The zero-order chi connectivity index (χ0) is 43.1. The Bertz CT molecular complexity index is 3270. The summed E-state index contributed by atoms with van der Waals surface area (Å²) in [4.78, 5) is 4.24. The Kier molecular flexibility index (Phi) is 8.85. The fourth-order valence-electron chi connectivity index (χ4n) is 8.84. The van der Waals surface area contributed by atoms with Gasteiger partial charge in [0.05, 0.1) is 44.6 Å². The Hall–Kier alpha value is -7.64. The average Bonchev–Trinajstić information content (AvgIpc) is 3.77. The van der Waals surface area contributed by atoms with Gasteiger partial charge in [-0.15, -0.1) is 0 Å². The zero-order valence-corrected chi connectivity index (χ0v) is 33.1. The highest BCUT2D eigenvalue weighted by atomic mass is 19.4. The second kappa shape index (κ2) is 14.2. The molecule has 0 amide bonds. The van der Waals surface area contributed by atoms with Gasteiger partial charge in [0, 0.05) is 33.9 Å². The minimum Gasteiger partial charge on any atom is -0.308 e. The lowest BCUT2D eigenvalue weighted by molar-refractivity contribution is -0.138. The number of nitriles is 1.